The number of carbonyl (C=O) groups is 1. The highest BCUT2D eigenvalue weighted by Crippen LogP contribution is 2.15. The Hall–Kier alpha value is -0.570. The van der Waals surface area contributed by atoms with Crippen LogP contribution in [0.25, 0.3) is 0 Å². The van der Waals surface area contributed by atoms with Crippen molar-refractivity contribution >= 4 is 5.91 Å². The summed E-state index contributed by atoms with van der Waals surface area (Å²) in [7, 11) is 4.04. The Labute approximate surface area is 190 Å². The van der Waals surface area contributed by atoms with Crippen LogP contribution in [0, 0.1) is 0 Å². The number of nitrogens with one attached hydrogen (secondary N) is 1. The Morgan fingerprint density at radius 1 is 0.600 bits per heavy atom. The average molecular weight is 425 g/mol. The van der Waals surface area contributed by atoms with Gasteiger partial charge in [-0.05, 0) is 26.9 Å². The molecule has 0 saturated heterocycles. The number of nitrogens with zero attached hydrogens (tertiary/aromatic N) is 1. The van der Waals surface area contributed by atoms with Crippen LogP contribution < -0.4 is 5.32 Å². The van der Waals surface area contributed by atoms with E-state index in [1.54, 1.807) is 0 Å². The highest BCUT2D eigenvalue weighted by atomic mass is 16.2. The van der Waals surface area contributed by atoms with Gasteiger partial charge < -0.3 is 5.32 Å². The van der Waals surface area contributed by atoms with Gasteiger partial charge in [0.05, 0.1) is 6.04 Å². The average Bonchev–Trinajstić information content (AvgIpc) is 2.73. The molecule has 0 radical (unpaired) electrons. The molecule has 1 amide bonds. The number of carbonyl (C=O) groups excluding carboxylic acids is 1. The Balaban J connectivity index is 3.35. The van der Waals surface area contributed by atoms with Crippen molar-refractivity contribution < 1.29 is 4.79 Å². The monoisotopic (exact) mass is 424 g/mol. The zero-order chi connectivity index (χ0) is 22.3. The molecule has 0 aliphatic rings. The van der Waals surface area contributed by atoms with Crippen molar-refractivity contribution in [3.8, 4) is 0 Å². The molecule has 1 atom stereocenters. The lowest BCUT2D eigenvalue weighted by Crippen LogP contribution is -2.43. The van der Waals surface area contributed by atoms with Crippen LogP contribution in [0.4, 0.5) is 0 Å². The molecule has 30 heavy (non-hydrogen) atoms. The van der Waals surface area contributed by atoms with Gasteiger partial charge in [0.2, 0.25) is 5.91 Å². The van der Waals surface area contributed by atoms with Crippen molar-refractivity contribution in [2.75, 3.05) is 20.6 Å². The highest BCUT2D eigenvalue weighted by molar-refractivity contribution is 5.81. The van der Waals surface area contributed by atoms with Crippen molar-refractivity contribution in [2.45, 2.75) is 148 Å². The first kappa shape index (κ1) is 29.4. The standard InChI is InChI=1S/C27H56N2O/c1-5-7-8-9-10-11-12-13-14-15-16-17-18-19-20-21-22-23-24-26(29(3)4)27(30)28-25-6-2/h26H,5-25H2,1-4H3,(H,28,30). The number of unbranched alkanes of at least 4 members (excludes halogenated alkanes) is 17. The summed E-state index contributed by atoms with van der Waals surface area (Å²) in [6, 6.07) is 0.0395. The molecular formula is C27H56N2O. The Morgan fingerprint density at radius 2 is 0.967 bits per heavy atom. The van der Waals surface area contributed by atoms with Crippen molar-refractivity contribution in [3.63, 3.8) is 0 Å². The minimum Gasteiger partial charge on any atom is -0.355 e. The van der Waals surface area contributed by atoms with E-state index in [-0.39, 0.29) is 11.9 Å². The van der Waals surface area contributed by atoms with E-state index in [1.165, 1.54) is 116 Å². The molecule has 3 heteroatoms. The summed E-state index contributed by atoms with van der Waals surface area (Å²) in [5.74, 6) is 0.203. The van der Waals surface area contributed by atoms with E-state index < -0.39 is 0 Å². The highest BCUT2D eigenvalue weighted by Gasteiger charge is 2.19. The van der Waals surface area contributed by atoms with E-state index in [1.807, 2.05) is 14.1 Å². The third-order valence-corrected chi connectivity index (χ3v) is 6.31. The molecule has 0 aromatic rings. The first-order chi connectivity index (χ1) is 14.6. The van der Waals surface area contributed by atoms with Gasteiger partial charge in [-0.25, -0.2) is 0 Å². The fraction of sp³-hybridized carbons (Fsp3) is 0.963. The van der Waals surface area contributed by atoms with Crippen LogP contribution in [0.1, 0.15) is 142 Å². The maximum atomic E-state index is 12.2. The van der Waals surface area contributed by atoms with Crippen LogP contribution in [0.2, 0.25) is 0 Å². The molecule has 0 aromatic carbocycles. The molecule has 0 bridgehead atoms. The van der Waals surface area contributed by atoms with E-state index in [0.29, 0.717) is 0 Å². The summed E-state index contributed by atoms with van der Waals surface area (Å²) in [6.07, 6.45) is 27.2. The molecule has 3 nitrogen and oxygen atoms in total. The summed E-state index contributed by atoms with van der Waals surface area (Å²) in [4.78, 5) is 14.3. The van der Waals surface area contributed by atoms with Crippen LogP contribution in [-0.4, -0.2) is 37.5 Å². The lowest BCUT2D eigenvalue weighted by Gasteiger charge is -2.23. The molecule has 0 saturated carbocycles. The maximum absolute atomic E-state index is 12.2. The normalized spacial score (nSPS) is 12.4. The maximum Gasteiger partial charge on any atom is 0.237 e. The zero-order valence-electron chi connectivity index (χ0n) is 21.3. The molecule has 0 heterocycles. The van der Waals surface area contributed by atoms with Gasteiger partial charge in [0, 0.05) is 6.54 Å². The van der Waals surface area contributed by atoms with Gasteiger partial charge in [-0.2, -0.15) is 0 Å². The SMILES string of the molecule is CCCCCCCCCCCCCCCCCCCCC(C(=O)NCCC)N(C)C. The quantitative estimate of drug-likeness (QED) is 0.169. The Kier molecular flexibility index (Phi) is 22.7. The number of hydrogen-bond acceptors (Lipinski definition) is 2. The number of hydrogen-bond donors (Lipinski definition) is 1. The first-order valence-electron chi connectivity index (χ1n) is 13.6. The van der Waals surface area contributed by atoms with Crippen molar-refractivity contribution in [3.05, 3.63) is 0 Å². The van der Waals surface area contributed by atoms with E-state index in [4.69, 9.17) is 0 Å². The first-order valence-corrected chi connectivity index (χ1v) is 13.6. The summed E-state index contributed by atoms with van der Waals surface area (Å²) >= 11 is 0. The molecule has 0 fully saturated rings. The Morgan fingerprint density at radius 3 is 1.30 bits per heavy atom. The topological polar surface area (TPSA) is 32.3 Å². The summed E-state index contributed by atoms with van der Waals surface area (Å²) in [5.41, 5.74) is 0. The van der Waals surface area contributed by atoms with E-state index in [2.05, 4.69) is 24.1 Å². The molecule has 180 valence electrons. The third-order valence-electron chi connectivity index (χ3n) is 6.31. The second kappa shape index (κ2) is 23.1. The van der Waals surface area contributed by atoms with Gasteiger partial charge in [-0.1, -0.05) is 129 Å². The van der Waals surface area contributed by atoms with E-state index in [9.17, 15) is 4.79 Å². The van der Waals surface area contributed by atoms with Crippen molar-refractivity contribution in [1.82, 2.24) is 10.2 Å². The molecule has 1 unspecified atom stereocenters. The molecule has 0 aliphatic heterocycles. The lowest BCUT2D eigenvalue weighted by atomic mass is 10.0. The van der Waals surface area contributed by atoms with Gasteiger partial charge in [0.15, 0.2) is 0 Å². The summed E-state index contributed by atoms with van der Waals surface area (Å²) in [6.45, 7) is 5.18. The molecule has 1 N–H and O–H groups in total. The predicted molar refractivity (Wildman–Crippen MR) is 134 cm³/mol. The largest absolute Gasteiger partial charge is 0.355 e. The Bertz CT molecular complexity index is 357. The van der Waals surface area contributed by atoms with E-state index >= 15 is 0 Å². The van der Waals surface area contributed by atoms with Crippen LogP contribution in [0.3, 0.4) is 0 Å². The zero-order valence-corrected chi connectivity index (χ0v) is 21.3. The van der Waals surface area contributed by atoms with Crippen LogP contribution in [0.15, 0.2) is 0 Å². The van der Waals surface area contributed by atoms with Crippen LogP contribution in [-0.2, 0) is 4.79 Å². The summed E-state index contributed by atoms with van der Waals surface area (Å²) in [5, 5.41) is 3.04. The molecule has 0 spiro atoms. The third kappa shape index (κ3) is 19.4. The molecule has 0 aromatic heterocycles. The van der Waals surface area contributed by atoms with Crippen molar-refractivity contribution in [1.29, 1.82) is 0 Å². The number of amides is 1. The fourth-order valence-corrected chi connectivity index (χ4v) is 4.23. The minimum absolute atomic E-state index is 0.0395. The molecule has 0 aliphatic carbocycles. The predicted octanol–water partition coefficient (Wildman–Crippen LogP) is 7.87. The number of rotatable bonds is 23. The minimum atomic E-state index is 0.0395. The van der Waals surface area contributed by atoms with Gasteiger partial charge in [0.1, 0.15) is 0 Å². The van der Waals surface area contributed by atoms with Gasteiger partial charge >= 0.3 is 0 Å². The van der Waals surface area contributed by atoms with Gasteiger partial charge in [-0.3, -0.25) is 9.69 Å². The van der Waals surface area contributed by atoms with Crippen molar-refractivity contribution in [2.24, 2.45) is 0 Å². The van der Waals surface area contributed by atoms with Gasteiger partial charge in [-0.15, -0.1) is 0 Å². The summed E-state index contributed by atoms with van der Waals surface area (Å²) < 4.78 is 0. The molecular weight excluding hydrogens is 368 g/mol. The fourth-order valence-electron chi connectivity index (χ4n) is 4.23. The second-order valence-corrected chi connectivity index (χ2v) is 9.57. The van der Waals surface area contributed by atoms with Crippen LogP contribution in [0.5, 0.6) is 0 Å². The smallest absolute Gasteiger partial charge is 0.237 e. The van der Waals surface area contributed by atoms with Crippen LogP contribution >= 0.6 is 0 Å². The lowest BCUT2D eigenvalue weighted by molar-refractivity contribution is -0.125. The van der Waals surface area contributed by atoms with Gasteiger partial charge in [0.25, 0.3) is 0 Å². The number of likely N-dealkylation sites (N-methyl/N-ethyl adjacent to an activating group) is 1. The second-order valence-electron chi connectivity index (χ2n) is 9.57. The molecule has 0 rings (SSSR count). The van der Waals surface area contributed by atoms with E-state index in [0.717, 1.165) is 19.4 Å².